The van der Waals surface area contributed by atoms with Gasteiger partial charge in [-0.2, -0.15) is 0 Å². The minimum Gasteiger partial charge on any atom is -0.480 e. The van der Waals surface area contributed by atoms with Gasteiger partial charge in [-0.3, -0.25) is 4.79 Å². The van der Waals surface area contributed by atoms with E-state index in [-0.39, 0.29) is 11.7 Å². The van der Waals surface area contributed by atoms with Crippen LogP contribution in [0.1, 0.15) is 19.4 Å². The molecule has 17 heavy (non-hydrogen) atoms. The molecular formula is C12H15BrFNO2. The van der Waals surface area contributed by atoms with E-state index in [0.29, 0.717) is 16.6 Å². The van der Waals surface area contributed by atoms with E-state index in [0.717, 1.165) is 0 Å². The molecule has 0 saturated heterocycles. The van der Waals surface area contributed by atoms with E-state index in [1.807, 2.05) is 13.8 Å². The molecule has 94 valence electrons. The van der Waals surface area contributed by atoms with Crippen molar-refractivity contribution in [3.8, 4) is 0 Å². The largest absolute Gasteiger partial charge is 0.480 e. The Balaban J connectivity index is 2.68. The molecule has 1 unspecified atom stereocenters. The molecule has 1 atom stereocenters. The number of nitrogens with one attached hydrogen (secondary N) is 1. The Morgan fingerprint density at radius 2 is 2.12 bits per heavy atom. The van der Waals surface area contributed by atoms with Crippen molar-refractivity contribution in [3.63, 3.8) is 0 Å². The van der Waals surface area contributed by atoms with E-state index < -0.39 is 12.0 Å². The van der Waals surface area contributed by atoms with Crippen molar-refractivity contribution in [2.24, 2.45) is 5.92 Å². The highest BCUT2D eigenvalue weighted by molar-refractivity contribution is 9.10. The third kappa shape index (κ3) is 4.44. The summed E-state index contributed by atoms with van der Waals surface area (Å²) in [7, 11) is 0. The number of hydrogen-bond acceptors (Lipinski definition) is 2. The lowest BCUT2D eigenvalue weighted by atomic mass is 10.0. The summed E-state index contributed by atoms with van der Waals surface area (Å²) in [5.74, 6) is -1.26. The molecule has 0 fully saturated rings. The summed E-state index contributed by atoms with van der Waals surface area (Å²) in [4.78, 5) is 11.0. The molecule has 0 aliphatic carbocycles. The van der Waals surface area contributed by atoms with Crippen LogP contribution >= 0.6 is 15.9 Å². The Bertz CT molecular complexity index is 389. The quantitative estimate of drug-likeness (QED) is 0.879. The second-order valence-electron chi connectivity index (χ2n) is 4.22. The van der Waals surface area contributed by atoms with Crippen molar-refractivity contribution in [1.82, 2.24) is 5.32 Å². The molecule has 0 radical (unpaired) electrons. The monoisotopic (exact) mass is 303 g/mol. The Kier molecular flexibility index (Phi) is 5.08. The summed E-state index contributed by atoms with van der Waals surface area (Å²) < 4.78 is 13.7. The van der Waals surface area contributed by atoms with Gasteiger partial charge in [0, 0.05) is 11.0 Å². The first kappa shape index (κ1) is 14.1. The van der Waals surface area contributed by atoms with Crippen LogP contribution in [0.4, 0.5) is 4.39 Å². The molecule has 1 aromatic carbocycles. The van der Waals surface area contributed by atoms with E-state index in [1.165, 1.54) is 12.1 Å². The van der Waals surface area contributed by atoms with Crippen LogP contribution in [0.15, 0.2) is 22.7 Å². The maximum absolute atomic E-state index is 13.1. The normalized spacial score (nSPS) is 12.8. The van der Waals surface area contributed by atoms with Crippen LogP contribution in [0.2, 0.25) is 0 Å². The maximum atomic E-state index is 13.1. The second kappa shape index (κ2) is 6.12. The third-order valence-corrected chi connectivity index (χ3v) is 2.84. The van der Waals surface area contributed by atoms with E-state index in [9.17, 15) is 9.18 Å². The van der Waals surface area contributed by atoms with Crippen molar-refractivity contribution in [2.75, 3.05) is 0 Å². The molecule has 2 N–H and O–H groups in total. The van der Waals surface area contributed by atoms with Crippen molar-refractivity contribution in [1.29, 1.82) is 0 Å². The summed E-state index contributed by atoms with van der Waals surface area (Å²) >= 11 is 3.19. The molecule has 0 aliphatic heterocycles. The standard InChI is InChI=1S/C12H15BrFNO2/c1-7(2)11(12(16)17)15-6-8-3-9(13)5-10(14)4-8/h3-5,7,11,15H,6H2,1-2H3,(H,16,17). The lowest BCUT2D eigenvalue weighted by Crippen LogP contribution is -2.40. The van der Waals surface area contributed by atoms with Gasteiger partial charge in [-0.25, -0.2) is 4.39 Å². The van der Waals surface area contributed by atoms with Gasteiger partial charge in [0.1, 0.15) is 11.9 Å². The zero-order valence-electron chi connectivity index (χ0n) is 9.71. The molecular weight excluding hydrogens is 289 g/mol. The minimum atomic E-state index is -0.893. The Labute approximate surface area is 108 Å². The molecule has 0 amide bonds. The first-order valence-corrected chi connectivity index (χ1v) is 6.10. The fraction of sp³-hybridized carbons (Fsp3) is 0.417. The SMILES string of the molecule is CC(C)C(NCc1cc(F)cc(Br)c1)C(=O)O. The lowest BCUT2D eigenvalue weighted by molar-refractivity contribution is -0.140. The number of benzene rings is 1. The lowest BCUT2D eigenvalue weighted by Gasteiger charge is -2.18. The number of carboxylic acid groups (broad SMARTS) is 1. The van der Waals surface area contributed by atoms with E-state index >= 15 is 0 Å². The highest BCUT2D eigenvalue weighted by Gasteiger charge is 2.20. The van der Waals surface area contributed by atoms with E-state index in [4.69, 9.17) is 5.11 Å². The van der Waals surface area contributed by atoms with Crippen molar-refractivity contribution in [3.05, 3.63) is 34.1 Å². The van der Waals surface area contributed by atoms with E-state index in [2.05, 4.69) is 21.2 Å². The number of rotatable bonds is 5. The zero-order valence-corrected chi connectivity index (χ0v) is 11.3. The topological polar surface area (TPSA) is 49.3 Å². The Morgan fingerprint density at radius 1 is 1.47 bits per heavy atom. The highest BCUT2D eigenvalue weighted by Crippen LogP contribution is 2.15. The average molecular weight is 304 g/mol. The molecule has 1 aromatic rings. The third-order valence-electron chi connectivity index (χ3n) is 2.38. The molecule has 0 spiro atoms. The van der Waals surface area contributed by atoms with Gasteiger partial charge in [-0.15, -0.1) is 0 Å². The first-order valence-electron chi connectivity index (χ1n) is 5.31. The molecule has 5 heteroatoms. The maximum Gasteiger partial charge on any atom is 0.320 e. The van der Waals surface area contributed by atoms with Crippen LogP contribution < -0.4 is 5.32 Å². The second-order valence-corrected chi connectivity index (χ2v) is 5.13. The van der Waals surface area contributed by atoms with Crippen LogP contribution in [0, 0.1) is 11.7 Å². The number of halogens is 2. The summed E-state index contributed by atoms with van der Waals surface area (Å²) in [6, 6.07) is 3.88. The predicted octanol–water partition coefficient (Wildman–Crippen LogP) is 2.79. The first-order chi connectivity index (χ1) is 7.90. The van der Waals surface area contributed by atoms with Crippen LogP contribution in [0.3, 0.4) is 0 Å². The average Bonchev–Trinajstić information content (AvgIpc) is 2.14. The van der Waals surface area contributed by atoms with E-state index in [1.54, 1.807) is 6.07 Å². The summed E-state index contributed by atoms with van der Waals surface area (Å²) in [5.41, 5.74) is 0.712. The summed E-state index contributed by atoms with van der Waals surface area (Å²) in [6.07, 6.45) is 0. The van der Waals surface area contributed by atoms with Crippen molar-refractivity contribution >= 4 is 21.9 Å². The fourth-order valence-corrected chi connectivity index (χ4v) is 2.06. The van der Waals surface area contributed by atoms with Crippen molar-refractivity contribution in [2.45, 2.75) is 26.4 Å². The summed E-state index contributed by atoms with van der Waals surface area (Å²) in [6.45, 7) is 3.98. The van der Waals surface area contributed by atoms with Gasteiger partial charge in [0.25, 0.3) is 0 Å². The minimum absolute atomic E-state index is 0.0236. The van der Waals surface area contributed by atoms with Gasteiger partial charge in [0.15, 0.2) is 0 Å². The zero-order chi connectivity index (χ0) is 13.0. The van der Waals surface area contributed by atoms with Gasteiger partial charge in [0.2, 0.25) is 0 Å². The van der Waals surface area contributed by atoms with Gasteiger partial charge in [-0.05, 0) is 29.7 Å². The Hall–Kier alpha value is -0.940. The summed E-state index contributed by atoms with van der Waals surface area (Å²) in [5, 5.41) is 11.9. The molecule has 0 heterocycles. The van der Waals surface area contributed by atoms with Crippen LogP contribution in [0.25, 0.3) is 0 Å². The molecule has 0 saturated carbocycles. The van der Waals surface area contributed by atoms with Gasteiger partial charge >= 0.3 is 5.97 Å². The number of carbonyl (C=O) groups is 1. The van der Waals surface area contributed by atoms with Crippen LogP contribution in [-0.2, 0) is 11.3 Å². The van der Waals surface area contributed by atoms with Crippen LogP contribution in [0.5, 0.6) is 0 Å². The number of aliphatic carboxylic acids is 1. The van der Waals surface area contributed by atoms with Crippen LogP contribution in [-0.4, -0.2) is 17.1 Å². The highest BCUT2D eigenvalue weighted by atomic mass is 79.9. The smallest absolute Gasteiger partial charge is 0.320 e. The van der Waals surface area contributed by atoms with Gasteiger partial charge < -0.3 is 10.4 Å². The molecule has 0 bridgehead atoms. The van der Waals surface area contributed by atoms with Crippen molar-refractivity contribution < 1.29 is 14.3 Å². The van der Waals surface area contributed by atoms with Gasteiger partial charge in [0.05, 0.1) is 0 Å². The fourth-order valence-electron chi connectivity index (χ4n) is 1.55. The Morgan fingerprint density at radius 3 is 2.59 bits per heavy atom. The predicted molar refractivity (Wildman–Crippen MR) is 67.2 cm³/mol. The number of carboxylic acids is 1. The molecule has 3 nitrogen and oxygen atoms in total. The van der Waals surface area contributed by atoms with Gasteiger partial charge in [-0.1, -0.05) is 29.8 Å². The molecule has 0 aromatic heterocycles. The molecule has 0 aliphatic rings. The molecule has 1 rings (SSSR count). The number of hydrogen-bond donors (Lipinski definition) is 2.